The second-order valence-electron chi connectivity index (χ2n) is 6.58. The first-order chi connectivity index (χ1) is 12.5. The third-order valence-corrected chi connectivity index (χ3v) is 5.93. The molecule has 0 unspecified atom stereocenters. The van der Waals surface area contributed by atoms with E-state index in [9.17, 15) is 9.59 Å². The van der Waals surface area contributed by atoms with Gasteiger partial charge in [-0.3, -0.25) is 4.79 Å². The minimum atomic E-state index is -0.515. The molecule has 8 heteroatoms. The van der Waals surface area contributed by atoms with Crippen molar-refractivity contribution in [2.75, 3.05) is 18.1 Å². The van der Waals surface area contributed by atoms with Gasteiger partial charge < -0.3 is 10.2 Å². The van der Waals surface area contributed by atoms with Crippen LogP contribution in [0, 0.1) is 0 Å². The van der Waals surface area contributed by atoms with Crippen molar-refractivity contribution in [2.24, 2.45) is 0 Å². The van der Waals surface area contributed by atoms with Gasteiger partial charge in [-0.05, 0) is 29.6 Å². The molecule has 3 heterocycles. The van der Waals surface area contributed by atoms with E-state index in [4.69, 9.17) is 11.6 Å². The minimum absolute atomic E-state index is 0.137. The first-order valence-corrected chi connectivity index (χ1v) is 9.76. The summed E-state index contributed by atoms with van der Waals surface area (Å²) in [6.07, 6.45) is 1.76. The lowest BCUT2D eigenvalue weighted by Gasteiger charge is -2.38. The zero-order valence-electron chi connectivity index (χ0n) is 14.1. The molecule has 0 bridgehead atoms. The van der Waals surface area contributed by atoms with Crippen molar-refractivity contribution in [1.29, 1.82) is 0 Å². The van der Waals surface area contributed by atoms with Gasteiger partial charge in [0.1, 0.15) is 5.66 Å². The Morgan fingerprint density at radius 3 is 2.73 bits per heavy atom. The Morgan fingerprint density at radius 2 is 2.04 bits per heavy atom. The van der Waals surface area contributed by atoms with E-state index in [1.54, 1.807) is 23.5 Å². The van der Waals surface area contributed by atoms with Crippen molar-refractivity contribution in [3.8, 4) is 0 Å². The van der Waals surface area contributed by atoms with Crippen LogP contribution in [0.25, 0.3) is 0 Å². The lowest BCUT2D eigenvalue weighted by Crippen LogP contribution is -2.58. The maximum atomic E-state index is 12.5. The van der Waals surface area contributed by atoms with Crippen LogP contribution in [0.2, 0.25) is 5.02 Å². The standard InChI is InChI=1S/C18H19ClN4O2S/c19-13-3-1-4-14(11-13)23-17(25)20-18(21-23)6-8-22(9-7-18)16(24)12-15-5-2-10-26-15/h1-5,10-11,21H,6-9,12H2,(H,20,25). The highest BCUT2D eigenvalue weighted by atomic mass is 35.5. The molecule has 0 atom stereocenters. The van der Waals surface area contributed by atoms with Gasteiger partial charge in [-0.2, -0.15) is 0 Å². The zero-order chi connectivity index (χ0) is 18.1. The summed E-state index contributed by atoms with van der Waals surface area (Å²) in [5.74, 6) is 0.137. The molecule has 1 aromatic heterocycles. The molecule has 4 rings (SSSR count). The van der Waals surface area contributed by atoms with Crippen molar-refractivity contribution < 1.29 is 9.59 Å². The summed E-state index contributed by atoms with van der Waals surface area (Å²) >= 11 is 7.63. The Morgan fingerprint density at radius 1 is 1.23 bits per heavy atom. The normalized spacial score (nSPS) is 19.0. The number of nitrogens with one attached hydrogen (secondary N) is 2. The number of halogens is 1. The number of benzene rings is 1. The molecule has 2 aliphatic rings. The summed E-state index contributed by atoms with van der Waals surface area (Å²) < 4.78 is 0. The van der Waals surface area contributed by atoms with Gasteiger partial charge in [0.05, 0.1) is 12.1 Å². The van der Waals surface area contributed by atoms with Crippen molar-refractivity contribution in [3.63, 3.8) is 0 Å². The monoisotopic (exact) mass is 390 g/mol. The van der Waals surface area contributed by atoms with Crippen molar-refractivity contribution in [1.82, 2.24) is 15.6 Å². The highest BCUT2D eigenvalue weighted by molar-refractivity contribution is 7.10. The number of hydrogen-bond acceptors (Lipinski definition) is 4. The van der Waals surface area contributed by atoms with Crippen LogP contribution in [0.3, 0.4) is 0 Å². The number of piperidine rings is 1. The van der Waals surface area contributed by atoms with E-state index in [1.165, 1.54) is 5.01 Å². The van der Waals surface area contributed by atoms with Gasteiger partial charge in [0.2, 0.25) is 5.91 Å². The number of carbonyl (C=O) groups is 2. The molecule has 3 amide bonds. The number of anilines is 1. The molecule has 136 valence electrons. The topological polar surface area (TPSA) is 64.7 Å². The first kappa shape index (κ1) is 17.3. The third kappa shape index (κ3) is 3.42. The van der Waals surface area contributed by atoms with Crippen molar-refractivity contribution in [3.05, 3.63) is 51.7 Å². The number of urea groups is 1. The number of rotatable bonds is 3. The van der Waals surface area contributed by atoms with Crippen LogP contribution >= 0.6 is 22.9 Å². The lowest BCUT2D eigenvalue weighted by molar-refractivity contribution is -0.132. The van der Waals surface area contributed by atoms with E-state index < -0.39 is 5.66 Å². The predicted molar refractivity (Wildman–Crippen MR) is 102 cm³/mol. The number of hydrogen-bond donors (Lipinski definition) is 2. The van der Waals surface area contributed by atoms with Crippen LogP contribution in [0.5, 0.6) is 0 Å². The van der Waals surface area contributed by atoms with Crippen LogP contribution in [-0.4, -0.2) is 35.6 Å². The SMILES string of the molecule is O=C(Cc1cccs1)N1CCC2(CC1)NC(=O)N(c1cccc(Cl)c1)N2. The molecule has 0 aliphatic carbocycles. The van der Waals surface area contributed by atoms with E-state index in [0.717, 1.165) is 4.88 Å². The molecule has 2 saturated heterocycles. The van der Waals surface area contributed by atoms with Gasteiger partial charge in [0, 0.05) is 35.8 Å². The van der Waals surface area contributed by atoms with Crippen LogP contribution in [0.15, 0.2) is 41.8 Å². The van der Waals surface area contributed by atoms with Gasteiger partial charge in [-0.25, -0.2) is 15.2 Å². The Balaban J connectivity index is 1.39. The highest BCUT2D eigenvalue weighted by Gasteiger charge is 2.45. The van der Waals surface area contributed by atoms with Crippen LogP contribution in [-0.2, 0) is 11.2 Å². The average Bonchev–Trinajstić information content (AvgIpc) is 3.24. The summed E-state index contributed by atoms with van der Waals surface area (Å²) in [4.78, 5) is 27.8. The average molecular weight is 391 g/mol. The smallest absolute Gasteiger partial charge is 0.338 e. The number of thiophene rings is 1. The molecule has 26 heavy (non-hydrogen) atoms. The zero-order valence-corrected chi connectivity index (χ0v) is 15.6. The number of carbonyl (C=O) groups excluding carboxylic acids is 2. The molecule has 2 N–H and O–H groups in total. The molecule has 2 fully saturated rings. The fourth-order valence-electron chi connectivity index (χ4n) is 3.40. The number of nitrogens with zero attached hydrogens (tertiary/aromatic N) is 2. The fourth-order valence-corrected chi connectivity index (χ4v) is 4.28. The maximum absolute atomic E-state index is 12.5. The maximum Gasteiger partial charge on any atom is 0.338 e. The van der Waals surface area contributed by atoms with Gasteiger partial charge in [-0.15, -0.1) is 11.3 Å². The van der Waals surface area contributed by atoms with E-state index in [0.29, 0.717) is 43.1 Å². The molecule has 0 radical (unpaired) electrons. The molecule has 1 aromatic carbocycles. The van der Waals surface area contributed by atoms with Crippen LogP contribution in [0.4, 0.5) is 10.5 Å². The van der Waals surface area contributed by atoms with Crippen LogP contribution in [0.1, 0.15) is 17.7 Å². The first-order valence-electron chi connectivity index (χ1n) is 8.50. The number of amides is 3. The second kappa shape index (κ2) is 6.90. The van der Waals surface area contributed by atoms with Crippen molar-refractivity contribution in [2.45, 2.75) is 24.9 Å². The third-order valence-electron chi connectivity index (χ3n) is 4.82. The molecule has 6 nitrogen and oxygen atoms in total. The van der Waals surface area contributed by atoms with Crippen LogP contribution < -0.4 is 15.8 Å². The largest absolute Gasteiger partial charge is 0.342 e. The quantitative estimate of drug-likeness (QED) is 0.846. The lowest BCUT2D eigenvalue weighted by atomic mass is 9.97. The summed E-state index contributed by atoms with van der Waals surface area (Å²) in [7, 11) is 0. The van der Waals surface area contributed by atoms with E-state index >= 15 is 0 Å². The van der Waals surface area contributed by atoms with E-state index in [1.807, 2.05) is 34.5 Å². The molecule has 1 spiro atoms. The molecule has 2 aliphatic heterocycles. The second-order valence-corrected chi connectivity index (χ2v) is 8.04. The Labute approximate surface area is 160 Å². The highest BCUT2D eigenvalue weighted by Crippen LogP contribution is 2.28. The minimum Gasteiger partial charge on any atom is -0.342 e. The summed E-state index contributed by atoms with van der Waals surface area (Å²) in [6, 6.07) is 10.9. The summed E-state index contributed by atoms with van der Waals surface area (Å²) in [5, 5.41) is 7.09. The van der Waals surface area contributed by atoms with Gasteiger partial charge >= 0.3 is 6.03 Å². The van der Waals surface area contributed by atoms with E-state index in [-0.39, 0.29) is 11.9 Å². The van der Waals surface area contributed by atoms with Gasteiger partial charge in [-0.1, -0.05) is 23.7 Å². The summed E-state index contributed by atoms with van der Waals surface area (Å²) in [6.45, 7) is 1.22. The van der Waals surface area contributed by atoms with E-state index in [2.05, 4.69) is 10.7 Å². The van der Waals surface area contributed by atoms with Gasteiger partial charge in [0.25, 0.3) is 0 Å². The molecular formula is C18H19ClN4O2S. The van der Waals surface area contributed by atoms with Crippen molar-refractivity contribution >= 4 is 40.6 Å². The molecule has 0 saturated carbocycles. The molecule has 2 aromatic rings. The number of hydrazine groups is 1. The van der Waals surface area contributed by atoms with Gasteiger partial charge in [0.15, 0.2) is 0 Å². The fraction of sp³-hybridized carbons (Fsp3) is 0.333. The summed E-state index contributed by atoms with van der Waals surface area (Å²) in [5.41, 5.74) is 3.47. The predicted octanol–water partition coefficient (Wildman–Crippen LogP) is 3.00. The Hall–Kier alpha value is -2.09. The Bertz CT molecular complexity index is 818. The number of likely N-dealkylation sites (tertiary alicyclic amines) is 1. The molecular weight excluding hydrogens is 372 g/mol. The Kier molecular flexibility index (Phi) is 4.60.